The molecule has 182 valence electrons. The van der Waals surface area contributed by atoms with E-state index in [1.165, 1.54) is 0 Å². The number of rotatable bonds is 10. The second-order valence-electron chi connectivity index (χ2n) is 7.76. The van der Waals surface area contributed by atoms with Crippen LogP contribution in [0.5, 0.6) is 0 Å². The fourth-order valence-corrected chi connectivity index (χ4v) is 3.52. The van der Waals surface area contributed by atoms with Crippen LogP contribution < -0.4 is 31.7 Å². The zero-order chi connectivity index (χ0) is 24.8. The summed E-state index contributed by atoms with van der Waals surface area (Å²) in [6.07, 6.45) is -0.579. The van der Waals surface area contributed by atoms with E-state index in [-0.39, 0.29) is 30.0 Å². The van der Waals surface area contributed by atoms with E-state index in [0.29, 0.717) is 30.5 Å². The fourth-order valence-electron chi connectivity index (χ4n) is 3.52. The lowest BCUT2D eigenvalue weighted by atomic mass is 10.1. The number of amides is 1. The fraction of sp³-hybridized carbons (Fsp3) is 0.381. The normalized spacial score (nSPS) is 15.5. The van der Waals surface area contributed by atoms with Crippen molar-refractivity contribution in [1.82, 2.24) is 15.3 Å². The minimum absolute atomic E-state index is 0.0515. The van der Waals surface area contributed by atoms with Gasteiger partial charge >= 0.3 is 11.9 Å². The summed E-state index contributed by atoms with van der Waals surface area (Å²) in [4.78, 5) is 55.6. The topological polar surface area (TPSA) is 189 Å². The number of H-pyrrole nitrogens is 1. The summed E-state index contributed by atoms with van der Waals surface area (Å²) >= 11 is 0. The summed E-state index contributed by atoms with van der Waals surface area (Å²) in [6, 6.07) is 5.10. The zero-order valence-electron chi connectivity index (χ0n) is 18.7. The second kappa shape index (κ2) is 10.6. The lowest BCUT2D eigenvalue weighted by molar-refractivity contribution is -0.140. The molecule has 0 aliphatic carbocycles. The van der Waals surface area contributed by atoms with Gasteiger partial charge in [-0.3, -0.25) is 19.4 Å². The Balaban J connectivity index is 1.59. The third-order valence-corrected chi connectivity index (χ3v) is 5.48. The number of nitrogens with zero attached hydrogens (tertiary/aromatic N) is 2. The third-order valence-electron chi connectivity index (χ3n) is 5.48. The first-order valence-electron chi connectivity index (χ1n) is 10.6. The van der Waals surface area contributed by atoms with Gasteiger partial charge in [0.05, 0.1) is 6.04 Å². The maximum absolute atomic E-state index is 12.4. The van der Waals surface area contributed by atoms with Crippen molar-refractivity contribution in [3.05, 3.63) is 40.2 Å². The molecule has 0 spiro atoms. The highest BCUT2D eigenvalue weighted by molar-refractivity contribution is 5.97. The Morgan fingerprint density at radius 3 is 2.56 bits per heavy atom. The number of nitrogens with one attached hydrogen (secondary N) is 5. The maximum Gasteiger partial charge on any atom is 0.326 e. The molecule has 1 aliphatic rings. The molecule has 34 heavy (non-hydrogen) atoms. The first-order chi connectivity index (χ1) is 16.2. The largest absolute Gasteiger partial charge is 0.481 e. The lowest BCUT2D eigenvalue weighted by Gasteiger charge is -2.35. The van der Waals surface area contributed by atoms with E-state index in [0.717, 1.165) is 5.69 Å². The molecule has 1 unspecified atom stereocenters. The summed E-state index contributed by atoms with van der Waals surface area (Å²) < 4.78 is 0. The van der Waals surface area contributed by atoms with Gasteiger partial charge in [-0.05, 0) is 30.7 Å². The van der Waals surface area contributed by atoms with Crippen LogP contribution in [-0.2, 0) is 9.59 Å². The number of benzene rings is 1. The monoisotopic (exact) mass is 473 g/mol. The van der Waals surface area contributed by atoms with Gasteiger partial charge in [-0.1, -0.05) is 0 Å². The van der Waals surface area contributed by atoms with Crippen LogP contribution in [0.1, 0.15) is 23.2 Å². The van der Waals surface area contributed by atoms with Gasteiger partial charge in [0.25, 0.3) is 11.5 Å². The van der Waals surface area contributed by atoms with Crippen LogP contribution in [0.3, 0.4) is 0 Å². The summed E-state index contributed by atoms with van der Waals surface area (Å²) in [5, 5.41) is 29.5. The first kappa shape index (κ1) is 24.4. The van der Waals surface area contributed by atoms with Crippen molar-refractivity contribution in [3.63, 3.8) is 0 Å². The van der Waals surface area contributed by atoms with Gasteiger partial charge in [-0.25, -0.2) is 4.79 Å². The summed E-state index contributed by atoms with van der Waals surface area (Å²) in [6.45, 7) is 1.06. The summed E-state index contributed by atoms with van der Waals surface area (Å²) in [5.74, 6) is -2.16. The van der Waals surface area contributed by atoms with Crippen molar-refractivity contribution in [2.45, 2.75) is 24.9 Å². The number of aromatic amines is 1. The van der Waals surface area contributed by atoms with Gasteiger partial charge in [0.2, 0.25) is 5.95 Å². The van der Waals surface area contributed by atoms with Crippen molar-refractivity contribution in [2.75, 3.05) is 48.0 Å². The van der Waals surface area contributed by atoms with Gasteiger partial charge in [-0.2, -0.15) is 4.98 Å². The molecule has 0 bridgehead atoms. The van der Waals surface area contributed by atoms with Crippen molar-refractivity contribution in [3.8, 4) is 0 Å². The van der Waals surface area contributed by atoms with E-state index in [1.807, 2.05) is 11.9 Å². The van der Waals surface area contributed by atoms with E-state index in [1.54, 1.807) is 31.3 Å². The molecule has 2 heterocycles. The Morgan fingerprint density at radius 2 is 1.94 bits per heavy atom. The molecule has 0 saturated carbocycles. The molecule has 13 heteroatoms. The molecule has 1 amide bonds. The second-order valence-corrected chi connectivity index (χ2v) is 7.76. The number of fused-ring (bicyclic) bond motifs is 1. The van der Waals surface area contributed by atoms with E-state index in [4.69, 9.17) is 5.11 Å². The highest BCUT2D eigenvalue weighted by Gasteiger charge is 2.27. The number of likely N-dealkylation sites (N-methyl/N-ethyl adjacent to an activating group) is 1. The van der Waals surface area contributed by atoms with Crippen LogP contribution in [0.2, 0.25) is 0 Å². The zero-order valence-corrected chi connectivity index (χ0v) is 18.7. The predicted molar refractivity (Wildman–Crippen MR) is 126 cm³/mol. The van der Waals surface area contributed by atoms with Crippen LogP contribution in [0, 0.1) is 0 Å². The average molecular weight is 473 g/mol. The number of anilines is 4. The van der Waals surface area contributed by atoms with E-state index < -0.39 is 23.9 Å². The van der Waals surface area contributed by atoms with E-state index in [2.05, 4.69) is 31.2 Å². The number of aliphatic carboxylic acids is 2. The van der Waals surface area contributed by atoms with E-state index in [9.17, 15) is 24.3 Å². The molecule has 2 aromatic rings. The molecule has 0 radical (unpaired) electrons. The lowest BCUT2D eigenvalue weighted by Crippen LogP contribution is -2.48. The summed E-state index contributed by atoms with van der Waals surface area (Å²) in [7, 11) is 3.49. The molecule has 1 aliphatic heterocycles. The van der Waals surface area contributed by atoms with Crippen molar-refractivity contribution in [1.29, 1.82) is 0 Å². The molecule has 13 nitrogen and oxygen atoms in total. The van der Waals surface area contributed by atoms with Crippen LogP contribution in [0.25, 0.3) is 0 Å². The molecule has 1 aromatic heterocycles. The average Bonchev–Trinajstić information content (AvgIpc) is 2.80. The molecule has 7 N–H and O–H groups in total. The number of hydrogen-bond donors (Lipinski definition) is 7. The Morgan fingerprint density at radius 1 is 1.24 bits per heavy atom. The highest BCUT2D eigenvalue weighted by Crippen LogP contribution is 2.25. The predicted octanol–water partition coefficient (Wildman–Crippen LogP) is 0.202. The SMILES string of the molecule is CNc1nc2c(c(=O)[nH]1)N(C)C(CNc1ccc(C(=O)N[C@@H](CCC(=O)O)C(=O)O)cc1)CN2. The Labute approximate surface area is 194 Å². The third kappa shape index (κ3) is 5.74. The van der Waals surface area contributed by atoms with Crippen molar-refractivity contribution in [2.24, 2.45) is 0 Å². The molecular weight excluding hydrogens is 446 g/mol. The minimum Gasteiger partial charge on any atom is -0.481 e. The molecular formula is C21H27N7O6. The number of carbonyl (C=O) groups excluding carboxylic acids is 1. The number of aromatic nitrogens is 2. The molecule has 0 fully saturated rings. The minimum atomic E-state index is -1.30. The molecule has 2 atom stereocenters. The van der Waals surface area contributed by atoms with Gasteiger partial charge in [0.1, 0.15) is 11.7 Å². The quantitative estimate of drug-likeness (QED) is 0.250. The van der Waals surface area contributed by atoms with E-state index >= 15 is 0 Å². The smallest absolute Gasteiger partial charge is 0.326 e. The number of hydrogen-bond acceptors (Lipinski definition) is 9. The van der Waals surface area contributed by atoms with Crippen molar-refractivity contribution >= 4 is 41.0 Å². The van der Waals surface area contributed by atoms with Gasteiger partial charge in [0, 0.05) is 44.9 Å². The Bertz CT molecular complexity index is 1120. The molecule has 1 aromatic carbocycles. The summed E-state index contributed by atoms with van der Waals surface area (Å²) in [5.41, 5.74) is 1.16. The van der Waals surface area contributed by atoms with Gasteiger partial charge < -0.3 is 36.4 Å². The standard InChI is InChI=1S/C21H27N7O6/c1-22-21-26-17-16(19(32)27-21)28(2)13(10-24-17)9-23-12-5-3-11(4-6-12)18(31)25-14(20(33)34)7-8-15(29)30/h3-6,13-14,23H,7-10H2,1-2H3,(H,25,31)(H,29,30)(H,33,34)(H3,22,24,26,27,32)/t13?,14-/m0/s1. The van der Waals surface area contributed by atoms with Crippen LogP contribution in [-0.4, -0.2) is 77.3 Å². The van der Waals surface area contributed by atoms with Gasteiger partial charge in [0.15, 0.2) is 5.82 Å². The van der Waals surface area contributed by atoms with Gasteiger partial charge in [-0.15, -0.1) is 0 Å². The van der Waals surface area contributed by atoms with Crippen LogP contribution in [0.4, 0.5) is 23.1 Å². The number of carbonyl (C=O) groups is 3. The molecule has 0 saturated heterocycles. The van der Waals surface area contributed by atoms with Crippen LogP contribution in [0.15, 0.2) is 29.1 Å². The molecule has 3 rings (SSSR count). The highest BCUT2D eigenvalue weighted by atomic mass is 16.4. The van der Waals surface area contributed by atoms with Crippen LogP contribution >= 0.6 is 0 Å². The first-order valence-corrected chi connectivity index (χ1v) is 10.6. The number of carboxylic acid groups (broad SMARTS) is 2. The van der Waals surface area contributed by atoms with Crippen molar-refractivity contribution < 1.29 is 24.6 Å². The Kier molecular flexibility index (Phi) is 7.56. The Hall–Kier alpha value is -4.29. The maximum atomic E-state index is 12.4. The number of carboxylic acids is 2.